The van der Waals surface area contributed by atoms with E-state index >= 15 is 0 Å². The van der Waals surface area contributed by atoms with E-state index in [0.29, 0.717) is 19.3 Å². The van der Waals surface area contributed by atoms with Gasteiger partial charge < -0.3 is 14.2 Å². The Bertz CT molecular complexity index is 281. The molecule has 3 atom stereocenters. The van der Waals surface area contributed by atoms with Crippen molar-refractivity contribution in [1.29, 1.82) is 0 Å². The topological polar surface area (TPSA) is 61.8 Å². The SMILES string of the molecule is [B][C@@H]1CC(OC(=O)CC)[C@H](COC(=O)CC)O1. The number of hydrogen-bond acceptors (Lipinski definition) is 5. The van der Waals surface area contributed by atoms with Crippen molar-refractivity contribution in [2.75, 3.05) is 6.61 Å². The Morgan fingerprint density at radius 2 is 1.94 bits per heavy atom. The normalized spacial score (nSPS) is 27.8. The van der Waals surface area contributed by atoms with Crippen LogP contribution in [0.25, 0.3) is 0 Å². The molecule has 2 radical (unpaired) electrons. The van der Waals surface area contributed by atoms with Gasteiger partial charge in [-0.05, 0) is 0 Å². The third-order valence-corrected chi connectivity index (χ3v) is 2.50. The summed E-state index contributed by atoms with van der Waals surface area (Å²) in [4.78, 5) is 22.2. The number of carbonyl (C=O) groups excluding carboxylic acids is 2. The number of carbonyl (C=O) groups is 2. The van der Waals surface area contributed by atoms with Crippen molar-refractivity contribution < 1.29 is 23.8 Å². The zero-order valence-electron chi connectivity index (χ0n) is 10.2. The van der Waals surface area contributed by atoms with E-state index in [-0.39, 0.29) is 18.5 Å². The summed E-state index contributed by atoms with van der Waals surface area (Å²) < 4.78 is 15.5. The van der Waals surface area contributed by atoms with E-state index in [1.807, 2.05) is 0 Å². The molecule has 1 aliphatic rings. The van der Waals surface area contributed by atoms with Crippen molar-refractivity contribution in [3.63, 3.8) is 0 Å². The first-order valence-electron chi connectivity index (χ1n) is 5.83. The van der Waals surface area contributed by atoms with Crippen LogP contribution in [-0.2, 0) is 23.8 Å². The molecular formula is C11H17BO5. The summed E-state index contributed by atoms with van der Waals surface area (Å²) in [7, 11) is 5.62. The Morgan fingerprint density at radius 1 is 1.29 bits per heavy atom. The Kier molecular flexibility index (Phi) is 5.48. The second-order valence-electron chi connectivity index (χ2n) is 3.87. The minimum atomic E-state index is -0.477. The largest absolute Gasteiger partial charge is 0.463 e. The fourth-order valence-electron chi connectivity index (χ4n) is 1.55. The fourth-order valence-corrected chi connectivity index (χ4v) is 1.55. The summed E-state index contributed by atoms with van der Waals surface area (Å²) in [5, 5.41) is 0. The maximum absolute atomic E-state index is 11.2. The molecule has 0 aromatic rings. The lowest BCUT2D eigenvalue weighted by Crippen LogP contribution is -2.31. The molecule has 1 unspecified atom stereocenters. The summed E-state index contributed by atoms with van der Waals surface area (Å²) in [5.74, 6) is -0.617. The van der Waals surface area contributed by atoms with Crippen LogP contribution in [0.3, 0.4) is 0 Å². The monoisotopic (exact) mass is 240 g/mol. The molecular weight excluding hydrogens is 223 g/mol. The highest BCUT2D eigenvalue weighted by Crippen LogP contribution is 2.22. The smallest absolute Gasteiger partial charge is 0.305 e. The van der Waals surface area contributed by atoms with Crippen LogP contribution in [0, 0.1) is 0 Å². The van der Waals surface area contributed by atoms with E-state index < -0.39 is 18.2 Å². The summed E-state index contributed by atoms with van der Waals surface area (Å²) in [6.07, 6.45) is 0.143. The summed E-state index contributed by atoms with van der Waals surface area (Å²) in [6, 6.07) is -0.477. The van der Waals surface area contributed by atoms with Crippen LogP contribution in [0.4, 0.5) is 0 Å². The minimum absolute atomic E-state index is 0.0715. The van der Waals surface area contributed by atoms with E-state index in [1.165, 1.54) is 0 Å². The summed E-state index contributed by atoms with van der Waals surface area (Å²) >= 11 is 0. The molecule has 94 valence electrons. The lowest BCUT2D eigenvalue weighted by atomic mass is 9.96. The quantitative estimate of drug-likeness (QED) is 0.518. The van der Waals surface area contributed by atoms with E-state index in [1.54, 1.807) is 13.8 Å². The van der Waals surface area contributed by atoms with Crippen LogP contribution >= 0.6 is 0 Å². The van der Waals surface area contributed by atoms with Crippen LogP contribution in [0.2, 0.25) is 0 Å². The molecule has 1 fully saturated rings. The van der Waals surface area contributed by atoms with Gasteiger partial charge in [-0.25, -0.2) is 0 Å². The number of rotatable bonds is 5. The molecule has 0 spiro atoms. The zero-order valence-corrected chi connectivity index (χ0v) is 10.2. The number of ether oxygens (including phenoxy) is 3. The van der Waals surface area contributed by atoms with Gasteiger partial charge in [0.25, 0.3) is 0 Å². The summed E-state index contributed by atoms with van der Waals surface area (Å²) in [6.45, 7) is 3.49. The second-order valence-corrected chi connectivity index (χ2v) is 3.87. The molecule has 0 aromatic carbocycles. The first-order chi connectivity index (χ1) is 8.06. The standard InChI is InChI=1S/C11H17BO5/c1-3-10(13)15-6-8-7(5-9(12)16-8)17-11(14)4-2/h7-9H,3-6H2,1-2H3/t7?,8-,9-/m0/s1. The third kappa shape index (κ3) is 4.38. The average molecular weight is 240 g/mol. The Labute approximate surface area is 102 Å². The average Bonchev–Trinajstić information content (AvgIpc) is 2.66. The molecule has 1 saturated heterocycles. The Hall–Kier alpha value is -1.04. The Balaban J connectivity index is 2.44. The Morgan fingerprint density at radius 3 is 2.53 bits per heavy atom. The first-order valence-corrected chi connectivity index (χ1v) is 5.83. The van der Waals surface area contributed by atoms with Crippen molar-refractivity contribution in [2.45, 2.75) is 51.3 Å². The van der Waals surface area contributed by atoms with Gasteiger partial charge in [-0.3, -0.25) is 9.59 Å². The first kappa shape index (κ1) is 14.0. The van der Waals surface area contributed by atoms with Crippen LogP contribution in [0.15, 0.2) is 0 Å². The van der Waals surface area contributed by atoms with E-state index in [0.717, 1.165) is 0 Å². The van der Waals surface area contributed by atoms with Gasteiger partial charge in [-0.15, -0.1) is 0 Å². The molecule has 0 saturated carbocycles. The molecule has 5 nitrogen and oxygen atoms in total. The van der Waals surface area contributed by atoms with E-state index in [4.69, 9.17) is 22.1 Å². The van der Waals surface area contributed by atoms with Gasteiger partial charge in [0.2, 0.25) is 0 Å². The molecule has 0 amide bonds. The lowest BCUT2D eigenvalue weighted by Gasteiger charge is -2.18. The molecule has 1 aliphatic heterocycles. The second kappa shape index (κ2) is 6.64. The van der Waals surface area contributed by atoms with Crippen LogP contribution in [0.1, 0.15) is 33.1 Å². The lowest BCUT2D eigenvalue weighted by molar-refractivity contribution is -0.156. The maximum atomic E-state index is 11.2. The van der Waals surface area contributed by atoms with Crippen LogP contribution in [-0.4, -0.2) is 44.6 Å². The highest BCUT2D eigenvalue weighted by atomic mass is 16.6. The van der Waals surface area contributed by atoms with Crippen molar-refractivity contribution in [3.05, 3.63) is 0 Å². The van der Waals surface area contributed by atoms with Crippen molar-refractivity contribution in [3.8, 4) is 0 Å². The number of hydrogen-bond donors (Lipinski definition) is 0. The van der Waals surface area contributed by atoms with Crippen molar-refractivity contribution in [1.82, 2.24) is 0 Å². The number of esters is 2. The highest BCUT2D eigenvalue weighted by molar-refractivity contribution is 6.11. The zero-order chi connectivity index (χ0) is 12.8. The maximum Gasteiger partial charge on any atom is 0.305 e. The van der Waals surface area contributed by atoms with E-state index in [9.17, 15) is 9.59 Å². The van der Waals surface area contributed by atoms with E-state index in [2.05, 4.69) is 0 Å². The third-order valence-electron chi connectivity index (χ3n) is 2.50. The fraction of sp³-hybridized carbons (Fsp3) is 0.818. The van der Waals surface area contributed by atoms with Crippen molar-refractivity contribution in [2.24, 2.45) is 0 Å². The molecule has 0 aliphatic carbocycles. The molecule has 0 aromatic heterocycles. The molecule has 0 N–H and O–H groups in total. The van der Waals surface area contributed by atoms with Gasteiger partial charge in [0.15, 0.2) is 0 Å². The van der Waals surface area contributed by atoms with Crippen molar-refractivity contribution >= 4 is 19.8 Å². The van der Waals surface area contributed by atoms with Crippen LogP contribution < -0.4 is 0 Å². The van der Waals surface area contributed by atoms with Gasteiger partial charge >= 0.3 is 11.9 Å². The predicted octanol–water partition coefficient (Wildman–Crippen LogP) is 0.545. The van der Waals surface area contributed by atoms with Gasteiger partial charge in [0, 0.05) is 25.3 Å². The molecule has 6 heteroatoms. The summed E-state index contributed by atoms with van der Waals surface area (Å²) in [5.41, 5.74) is 0. The minimum Gasteiger partial charge on any atom is -0.463 e. The van der Waals surface area contributed by atoms with Gasteiger partial charge in [-0.1, -0.05) is 13.8 Å². The predicted molar refractivity (Wildman–Crippen MR) is 60.5 cm³/mol. The van der Waals surface area contributed by atoms with Crippen LogP contribution in [0.5, 0.6) is 0 Å². The highest BCUT2D eigenvalue weighted by Gasteiger charge is 2.36. The van der Waals surface area contributed by atoms with Gasteiger partial charge in [0.05, 0.1) is 0 Å². The molecule has 0 bridgehead atoms. The van der Waals surface area contributed by atoms with Gasteiger partial charge in [-0.2, -0.15) is 0 Å². The van der Waals surface area contributed by atoms with Gasteiger partial charge in [0.1, 0.15) is 26.7 Å². The molecule has 1 rings (SSSR count). The molecule has 17 heavy (non-hydrogen) atoms. The molecule has 1 heterocycles.